The molecule has 3 nitrogen and oxygen atoms in total. The summed E-state index contributed by atoms with van der Waals surface area (Å²) < 4.78 is 5.38. The van der Waals surface area contributed by atoms with E-state index < -0.39 is 5.54 Å². The summed E-state index contributed by atoms with van der Waals surface area (Å²) in [4.78, 5) is 12.0. The summed E-state index contributed by atoms with van der Waals surface area (Å²) in [5, 5.41) is 3.72. The molecule has 0 radical (unpaired) electrons. The smallest absolute Gasteiger partial charge is 0.249 e. The minimum atomic E-state index is -0.423. The first-order valence-corrected chi connectivity index (χ1v) is 6.56. The standard InChI is InChI=1S/C14H18ClNO2/c1-14(2,10-5-7-11(15)8-6-10)16-13(17)12-4-3-9-18-12/h5-8,12H,3-4,9H2,1-2H3,(H,16,17). The zero-order valence-electron chi connectivity index (χ0n) is 10.7. The van der Waals surface area contributed by atoms with Gasteiger partial charge in [0.05, 0.1) is 5.54 Å². The minimum absolute atomic E-state index is 0.0348. The molecule has 0 saturated carbocycles. The van der Waals surface area contributed by atoms with E-state index in [0.717, 1.165) is 18.4 Å². The maximum atomic E-state index is 12.0. The summed E-state index contributed by atoms with van der Waals surface area (Å²) in [7, 11) is 0. The van der Waals surface area contributed by atoms with E-state index in [1.807, 2.05) is 38.1 Å². The van der Waals surface area contributed by atoms with Gasteiger partial charge in [-0.3, -0.25) is 4.79 Å². The predicted molar refractivity (Wildman–Crippen MR) is 71.6 cm³/mol. The Morgan fingerprint density at radius 3 is 2.61 bits per heavy atom. The summed E-state index contributed by atoms with van der Waals surface area (Å²) in [6.45, 7) is 4.63. The van der Waals surface area contributed by atoms with E-state index in [-0.39, 0.29) is 12.0 Å². The Balaban J connectivity index is 2.06. The molecule has 1 saturated heterocycles. The zero-order valence-corrected chi connectivity index (χ0v) is 11.5. The predicted octanol–water partition coefficient (Wildman–Crippen LogP) is 2.87. The Morgan fingerprint density at radius 1 is 1.39 bits per heavy atom. The lowest BCUT2D eigenvalue weighted by Crippen LogP contribution is -2.45. The van der Waals surface area contributed by atoms with Crippen molar-refractivity contribution >= 4 is 17.5 Å². The second kappa shape index (κ2) is 5.29. The van der Waals surface area contributed by atoms with Gasteiger partial charge in [0.1, 0.15) is 6.10 Å². The van der Waals surface area contributed by atoms with Gasteiger partial charge in [0.15, 0.2) is 0 Å². The van der Waals surface area contributed by atoms with Crippen LogP contribution in [0, 0.1) is 0 Å². The molecule has 1 aromatic rings. The first-order valence-electron chi connectivity index (χ1n) is 6.19. The van der Waals surface area contributed by atoms with Gasteiger partial charge in [-0.15, -0.1) is 0 Å². The van der Waals surface area contributed by atoms with E-state index in [0.29, 0.717) is 11.6 Å². The molecule has 1 heterocycles. The van der Waals surface area contributed by atoms with Crippen LogP contribution in [-0.4, -0.2) is 18.6 Å². The van der Waals surface area contributed by atoms with Gasteiger partial charge in [-0.2, -0.15) is 0 Å². The number of benzene rings is 1. The molecular weight excluding hydrogens is 250 g/mol. The van der Waals surface area contributed by atoms with Crippen LogP contribution in [0.1, 0.15) is 32.3 Å². The van der Waals surface area contributed by atoms with Gasteiger partial charge >= 0.3 is 0 Å². The van der Waals surface area contributed by atoms with Crippen molar-refractivity contribution in [1.29, 1.82) is 0 Å². The fourth-order valence-electron chi connectivity index (χ4n) is 2.11. The average Bonchev–Trinajstić information content (AvgIpc) is 2.82. The van der Waals surface area contributed by atoms with Crippen LogP contribution in [0.3, 0.4) is 0 Å². The molecule has 0 bridgehead atoms. The van der Waals surface area contributed by atoms with E-state index in [1.165, 1.54) is 0 Å². The van der Waals surface area contributed by atoms with Crippen molar-refractivity contribution in [2.24, 2.45) is 0 Å². The van der Waals surface area contributed by atoms with Crippen LogP contribution >= 0.6 is 11.6 Å². The molecule has 1 fully saturated rings. The van der Waals surface area contributed by atoms with Crippen molar-refractivity contribution in [3.05, 3.63) is 34.9 Å². The summed E-state index contributed by atoms with van der Waals surface area (Å²) in [5.74, 6) is -0.0348. The Labute approximate surface area is 112 Å². The monoisotopic (exact) mass is 267 g/mol. The minimum Gasteiger partial charge on any atom is -0.368 e. The summed E-state index contributed by atoms with van der Waals surface area (Å²) in [6, 6.07) is 7.52. The number of rotatable bonds is 3. The van der Waals surface area contributed by atoms with Crippen LogP contribution in [0.2, 0.25) is 5.02 Å². The molecule has 0 spiro atoms. The van der Waals surface area contributed by atoms with Gasteiger partial charge < -0.3 is 10.1 Å². The van der Waals surface area contributed by atoms with Crippen molar-refractivity contribution in [3.63, 3.8) is 0 Å². The Kier molecular flexibility index (Phi) is 3.93. The number of hydrogen-bond donors (Lipinski definition) is 1. The Morgan fingerprint density at radius 2 is 2.06 bits per heavy atom. The molecule has 1 atom stereocenters. The van der Waals surface area contributed by atoms with Crippen LogP contribution in [0.4, 0.5) is 0 Å². The van der Waals surface area contributed by atoms with Gasteiger partial charge in [-0.25, -0.2) is 0 Å². The number of hydrogen-bond acceptors (Lipinski definition) is 2. The second-order valence-electron chi connectivity index (χ2n) is 5.12. The lowest BCUT2D eigenvalue weighted by atomic mass is 9.94. The lowest BCUT2D eigenvalue weighted by molar-refractivity contribution is -0.131. The van der Waals surface area contributed by atoms with Crippen LogP contribution < -0.4 is 5.32 Å². The summed E-state index contributed by atoms with van der Waals surface area (Å²) in [6.07, 6.45) is 1.47. The zero-order chi connectivity index (χ0) is 13.2. The fourth-order valence-corrected chi connectivity index (χ4v) is 2.24. The van der Waals surface area contributed by atoms with Gasteiger partial charge in [-0.1, -0.05) is 23.7 Å². The second-order valence-corrected chi connectivity index (χ2v) is 5.56. The largest absolute Gasteiger partial charge is 0.368 e. The summed E-state index contributed by atoms with van der Waals surface area (Å²) >= 11 is 5.86. The van der Waals surface area contributed by atoms with Crippen molar-refractivity contribution in [1.82, 2.24) is 5.32 Å². The highest BCUT2D eigenvalue weighted by atomic mass is 35.5. The number of amides is 1. The van der Waals surface area contributed by atoms with Crippen LogP contribution in [-0.2, 0) is 15.1 Å². The molecule has 1 aliphatic heterocycles. The molecule has 18 heavy (non-hydrogen) atoms. The van der Waals surface area contributed by atoms with Crippen LogP contribution in [0.5, 0.6) is 0 Å². The van der Waals surface area contributed by atoms with Crippen LogP contribution in [0.15, 0.2) is 24.3 Å². The number of ether oxygens (including phenoxy) is 1. The maximum Gasteiger partial charge on any atom is 0.249 e. The molecule has 98 valence electrons. The highest BCUT2D eigenvalue weighted by molar-refractivity contribution is 6.30. The topological polar surface area (TPSA) is 38.3 Å². The first-order chi connectivity index (χ1) is 8.49. The SMILES string of the molecule is CC(C)(NC(=O)C1CCCO1)c1ccc(Cl)cc1. The number of carbonyl (C=O) groups excluding carboxylic acids is 1. The van der Waals surface area contributed by atoms with Crippen molar-refractivity contribution < 1.29 is 9.53 Å². The quantitative estimate of drug-likeness (QED) is 0.915. The molecular formula is C14H18ClNO2. The number of nitrogens with one attached hydrogen (secondary N) is 1. The normalized spacial score (nSPS) is 19.8. The molecule has 1 aliphatic rings. The molecule has 4 heteroatoms. The third kappa shape index (κ3) is 3.03. The summed E-state index contributed by atoms with van der Waals surface area (Å²) in [5.41, 5.74) is 0.603. The Bertz CT molecular complexity index is 422. The molecule has 1 amide bonds. The Hall–Kier alpha value is -1.06. The molecule has 1 unspecified atom stereocenters. The molecule has 0 aromatic heterocycles. The van der Waals surface area contributed by atoms with Crippen molar-refractivity contribution in [2.45, 2.75) is 38.3 Å². The lowest BCUT2D eigenvalue weighted by Gasteiger charge is -2.28. The van der Waals surface area contributed by atoms with Gasteiger partial charge in [0.2, 0.25) is 5.91 Å². The fraction of sp³-hybridized carbons (Fsp3) is 0.500. The maximum absolute atomic E-state index is 12.0. The van der Waals surface area contributed by atoms with Crippen molar-refractivity contribution in [3.8, 4) is 0 Å². The van der Waals surface area contributed by atoms with E-state index in [1.54, 1.807) is 0 Å². The van der Waals surface area contributed by atoms with E-state index in [4.69, 9.17) is 16.3 Å². The molecule has 2 rings (SSSR count). The highest BCUT2D eigenvalue weighted by Gasteiger charge is 2.29. The van der Waals surface area contributed by atoms with Gasteiger partial charge in [0.25, 0.3) is 0 Å². The third-order valence-electron chi connectivity index (χ3n) is 3.22. The molecule has 1 aromatic carbocycles. The molecule has 1 N–H and O–H groups in total. The van der Waals surface area contributed by atoms with Crippen LogP contribution in [0.25, 0.3) is 0 Å². The average molecular weight is 268 g/mol. The first kappa shape index (κ1) is 13.4. The third-order valence-corrected chi connectivity index (χ3v) is 3.48. The van der Waals surface area contributed by atoms with Crippen molar-refractivity contribution in [2.75, 3.05) is 6.61 Å². The van der Waals surface area contributed by atoms with E-state index >= 15 is 0 Å². The van der Waals surface area contributed by atoms with Gasteiger partial charge in [0, 0.05) is 11.6 Å². The van der Waals surface area contributed by atoms with E-state index in [9.17, 15) is 4.79 Å². The van der Waals surface area contributed by atoms with E-state index in [2.05, 4.69) is 5.32 Å². The highest BCUT2D eigenvalue weighted by Crippen LogP contribution is 2.23. The number of halogens is 1. The number of carbonyl (C=O) groups is 1. The van der Waals surface area contributed by atoms with Gasteiger partial charge in [-0.05, 0) is 44.4 Å². The molecule has 0 aliphatic carbocycles.